The first-order chi connectivity index (χ1) is 30.1. The number of nitrogens with two attached hydrogens (primary N) is 2. The maximum atomic E-state index is 13.2. The predicted molar refractivity (Wildman–Crippen MR) is 231 cm³/mol. The van der Waals surface area contributed by atoms with Gasteiger partial charge in [-0.25, -0.2) is 0 Å². The smallest absolute Gasteiger partial charge is 0.325 e. The number of aliphatic carboxylic acids is 2. The fourth-order valence-corrected chi connectivity index (χ4v) is 7.24. The number of pyridine rings is 4. The molecule has 328 valence electrons. The highest BCUT2D eigenvalue weighted by Crippen LogP contribution is 2.18. The molecule has 62 heavy (non-hydrogen) atoms. The Balaban J connectivity index is 1.43. The maximum absolute atomic E-state index is 13.2. The van der Waals surface area contributed by atoms with Gasteiger partial charge in [-0.15, -0.1) is 0 Å². The van der Waals surface area contributed by atoms with Gasteiger partial charge in [-0.1, -0.05) is 36.4 Å². The zero-order valence-electron chi connectivity index (χ0n) is 34.7. The number of carboxylic acids is 2. The van der Waals surface area contributed by atoms with Crippen molar-refractivity contribution in [2.45, 2.75) is 38.3 Å². The summed E-state index contributed by atoms with van der Waals surface area (Å²) in [6.07, 6.45) is 9.81. The van der Waals surface area contributed by atoms with Gasteiger partial charge in [0.2, 0.25) is 11.8 Å². The molecule has 2 unspecified atom stereocenters. The van der Waals surface area contributed by atoms with E-state index in [1.54, 1.807) is 34.6 Å². The summed E-state index contributed by atoms with van der Waals surface area (Å²) in [6.45, 7) is 3.95. The van der Waals surface area contributed by atoms with Gasteiger partial charge < -0.3 is 32.3 Å². The van der Waals surface area contributed by atoms with Gasteiger partial charge >= 0.3 is 11.9 Å². The van der Waals surface area contributed by atoms with Crippen LogP contribution >= 0.6 is 0 Å². The third-order valence-corrected chi connectivity index (χ3v) is 10.2. The van der Waals surface area contributed by atoms with Crippen LogP contribution in [-0.4, -0.2) is 151 Å². The van der Waals surface area contributed by atoms with Crippen LogP contribution in [0.2, 0.25) is 0 Å². The Labute approximate surface area is 361 Å². The molecule has 0 saturated carbocycles. The monoisotopic (exact) mass is 848 g/mol. The van der Waals surface area contributed by atoms with Crippen molar-refractivity contribution >= 4 is 23.8 Å². The summed E-state index contributed by atoms with van der Waals surface area (Å²) in [6, 6.07) is 19.3. The number of carbonyl (C=O) groups is 4. The van der Waals surface area contributed by atoms with E-state index in [0.717, 1.165) is 22.8 Å². The van der Waals surface area contributed by atoms with Crippen LogP contribution in [0.15, 0.2) is 121 Å². The van der Waals surface area contributed by atoms with Gasteiger partial charge in [0.25, 0.3) is 0 Å². The molecule has 2 atom stereocenters. The van der Waals surface area contributed by atoms with E-state index in [1.165, 1.54) is 12.2 Å². The third kappa shape index (κ3) is 15.0. The van der Waals surface area contributed by atoms with Crippen LogP contribution < -0.4 is 22.1 Å². The summed E-state index contributed by atoms with van der Waals surface area (Å²) in [7, 11) is 0. The summed E-state index contributed by atoms with van der Waals surface area (Å²) in [5, 5.41) is 28.2. The van der Waals surface area contributed by atoms with E-state index in [1.807, 2.05) is 82.6 Å². The molecule has 18 heteroatoms. The molecule has 1 saturated heterocycles. The van der Waals surface area contributed by atoms with Crippen LogP contribution in [0.5, 0.6) is 0 Å². The van der Waals surface area contributed by atoms with Gasteiger partial charge in [-0.3, -0.25) is 58.7 Å². The number of nitrogens with zero attached hydrogens (tertiary/aromatic N) is 8. The number of amides is 2. The van der Waals surface area contributed by atoms with Crippen LogP contribution in [0.25, 0.3) is 0 Å². The van der Waals surface area contributed by atoms with Crippen molar-refractivity contribution in [3.8, 4) is 0 Å². The van der Waals surface area contributed by atoms with Crippen LogP contribution in [0.1, 0.15) is 22.8 Å². The molecule has 4 aromatic rings. The molecule has 18 nitrogen and oxygen atoms in total. The highest BCUT2D eigenvalue weighted by atomic mass is 16.4. The lowest BCUT2D eigenvalue weighted by atomic mass is 10.0. The normalized spacial score (nSPS) is 16.2. The Morgan fingerprint density at radius 3 is 1.13 bits per heavy atom. The van der Waals surface area contributed by atoms with Crippen LogP contribution in [0.3, 0.4) is 0 Å². The first-order valence-electron chi connectivity index (χ1n) is 20.5. The van der Waals surface area contributed by atoms with E-state index >= 15 is 0 Å². The third-order valence-electron chi connectivity index (χ3n) is 10.2. The van der Waals surface area contributed by atoms with Crippen molar-refractivity contribution in [3.05, 3.63) is 144 Å². The molecule has 0 radical (unpaired) electrons. The molecule has 5 heterocycles. The number of primary amides is 2. The quantitative estimate of drug-likeness (QED) is 0.0663. The zero-order chi connectivity index (χ0) is 44.1. The number of hydrogen-bond acceptors (Lipinski definition) is 14. The lowest BCUT2D eigenvalue weighted by Crippen LogP contribution is -2.54. The van der Waals surface area contributed by atoms with E-state index in [2.05, 4.69) is 30.6 Å². The van der Waals surface area contributed by atoms with Crippen molar-refractivity contribution < 1.29 is 29.4 Å². The first-order valence-corrected chi connectivity index (χ1v) is 20.5. The molecule has 1 fully saturated rings. The highest BCUT2D eigenvalue weighted by molar-refractivity contribution is 6.00. The van der Waals surface area contributed by atoms with Crippen LogP contribution in [0.4, 0.5) is 0 Å². The Morgan fingerprint density at radius 2 is 0.871 bits per heavy atom. The van der Waals surface area contributed by atoms with Crippen molar-refractivity contribution in [3.63, 3.8) is 0 Å². The van der Waals surface area contributed by atoms with Crippen molar-refractivity contribution in [1.29, 1.82) is 0 Å². The first kappa shape index (κ1) is 46.8. The molecular formula is C44H56N12O6. The van der Waals surface area contributed by atoms with Gasteiger partial charge in [0.1, 0.15) is 12.1 Å². The number of aromatic nitrogens is 4. The second-order valence-electron chi connectivity index (χ2n) is 14.7. The van der Waals surface area contributed by atoms with Gasteiger partial charge in [-0.05, 0) is 48.5 Å². The number of carboxylic acid groups (broad SMARTS) is 2. The molecule has 8 N–H and O–H groups in total. The molecule has 0 bridgehead atoms. The summed E-state index contributed by atoms with van der Waals surface area (Å²) in [5.41, 5.74) is 14.7. The van der Waals surface area contributed by atoms with Crippen molar-refractivity contribution in [2.24, 2.45) is 11.5 Å². The predicted octanol–water partition coefficient (Wildman–Crippen LogP) is 0.498. The maximum Gasteiger partial charge on any atom is 0.325 e. The van der Waals surface area contributed by atoms with E-state index in [4.69, 9.17) is 11.5 Å². The minimum atomic E-state index is -1.48. The fourth-order valence-electron chi connectivity index (χ4n) is 7.24. The largest absolute Gasteiger partial charge is 0.480 e. The molecular weight excluding hydrogens is 793 g/mol. The molecule has 0 aliphatic carbocycles. The average Bonchev–Trinajstić information content (AvgIpc) is 3.25. The number of carbonyl (C=O) groups excluding carboxylic acids is 2. The standard InChI is InChI=1S/C44H56N12O6/c45-41(57)37(13-23-53(29-33-9-1-5-15-49-33)30-34-10-2-6-16-50-34)39(43(59)60)55-25-21-47-19-20-48-22-26-56(28-27-55)40(44(61)62)38(42(46)58)14-24-54(31-35-11-3-7-17-51-35)32-36-12-4-8-18-52-36/h1-18,39-40,47-48H,19-32H2,(H2,45,57)(H2,46,58)(H,59,60)(H,61,62). The SMILES string of the molecule is NC(=O)C(=CCN(Cc1ccccn1)Cc1ccccn1)C(C(=O)O)N1CCNCCNCCN(C(C(=O)O)C(=CCN(Cc2ccccn2)Cc2ccccn2)C(N)=O)CC1. The van der Waals surface area contributed by atoms with E-state index < -0.39 is 35.8 Å². The van der Waals surface area contributed by atoms with Crippen molar-refractivity contribution in [2.75, 3.05) is 65.4 Å². The minimum absolute atomic E-state index is 0.00382. The molecule has 1 aliphatic rings. The number of hydrogen-bond donors (Lipinski definition) is 6. The second kappa shape index (κ2) is 24.8. The molecule has 0 spiro atoms. The highest BCUT2D eigenvalue weighted by Gasteiger charge is 2.36. The van der Waals surface area contributed by atoms with Crippen LogP contribution in [0, 0.1) is 0 Å². The zero-order valence-corrected chi connectivity index (χ0v) is 34.7. The molecule has 1 aliphatic heterocycles. The van der Waals surface area contributed by atoms with Gasteiger partial charge in [0, 0.05) is 128 Å². The van der Waals surface area contributed by atoms with Crippen molar-refractivity contribution in [1.82, 2.24) is 50.2 Å². The number of nitrogens with one attached hydrogen (secondary N) is 2. The lowest BCUT2D eigenvalue weighted by Gasteiger charge is -2.35. The molecule has 5 rings (SSSR count). The molecule has 0 aromatic carbocycles. The minimum Gasteiger partial charge on any atom is -0.480 e. The van der Waals surface area contributed by atoms with Crippen LogP contribution in [-0.2, 0) is 45.4 Å². The van der Waals surface area contributed by atoms with E-state index in [-0.39, 0.29) is 50.4 Å². The Hall–Kier alpha value is -6.28. The topological polar surface area (TPSA) is 249 Å². The van der Waals surface area contributed by atoms with E-state index in [0.29, 0.717) is 52.4 Å². The second-order valence-corrected chi connectivity index (χ2v) is 14.7. The number of rotatable bonds is 20. The molecule has 2 amide bonds. The average molecular weight is 849 g/mol. The van der Waals surface area contributed by atoms with E-state index in [9.17, 15) is 29.4 Å². The van der Waals surface area contributed by atoms with Gasteiger partial charge in [0.05, 0.1) is 22.8 Å². The Bertz CT molecular complexity index is 1850. The van der Waals surface area contributed by atoms with Gasteiger partial charge in [0.15, 0.2) is 0 Å². The summed E-state index contributed by atoms with van der Waals surface area (Å²) in [5.74, 6) is -4.41. The summed E-state index contributed by atoms with van der Waals surface area (Å²) in [4.78, 5) is 77.8. The lowest BCUT2D eigenvalue weighted by molar-refractivity contribution is -0.144. The summed E-state index contributed by atoms with van der Waals surface area (Å²) >= 11 is 0. The summed E-state index contributed by atoms with van der Waals surface area (Å²) < 4.78 is 0. The van der Waals surface area contributed by atoms with Gasteiger partial charge in [-0.2, -0.15) is 0 Å². The Morgan fingerprint density at radius 1 is 0.548 bits per heavy atom. The Kier molecular flexibility index (Phi) is 18.7. The molecule has 4 aromatic heterocycles. The fraction of sp³-hybridized carbons (Fsp3) is 0.364.